The van der Waals surface area contributed by atoms with E-state index in [1.54, 1.807) is 31.4 Å². The predicted molar refractivity (Wildman–Crippen MR) is 89.5 cm³/mol. The maximum Gasteiger partial charge on any atom is 0.270 e. The van der Waals surface area contributed by atoms with Crippen molar-refractivity contribution in [2.24, 2.45) is 5.73 Å². The van der Waals surface area contributed by atoms with E-state index in [0.717, 1.165) is 21.1 Å². The Balaban J connectivity index is 1.90. The van der Waals surface area contributed by atoms with Gasteiger partial charge in [0.2, 0.25) is 11.7 Å². The van der Waals surface area contributed by atoms with Gasteiger partial charge in [-0.15, -0.1) is 11.3 Å². The molecule has 0 radical (unpaired) electrons. The van der Waals surface area contributed by atoms with Gasteiger partial charge in [0.1, 0.15) is 16.0 Å². The third kappa shape index (κ3) is 3.06. The minimum absolute atomic E-state index is 0.0915. The standard InChI is InChI=1S/C16H16N4O3S/c1-8-12(24-16(18-8)9(2)22-3)15-19-14(20-23-15)11-6-4-10(5-7-11)13(17)21/h4-7,9H,1-3H3,(H2,17,21)/t9-/m0/s1. The van der Waals surface area contributed by atoms with Crippen LogP contribution in [0.5, 0.6) is 0 Å². The minimum atomic E-state index is -0.476. The van der Waals surface area contributed by atoms with Crippen molar-refractivity contribution < 1.29 is 14.1 Å². The second kappa shape index (κ2) is 6.50. The van der Waals surface area contributed by atoms with Gasteiger partial charge < -0.3 is 15.0 Å². The number of carbonyl (C=O) groups is 1. The molecule has 0 bridgehead atoms. The summed E-state index contributed by atoms with van der Waals surface area (Å²) in [5.74, 6) is 0.374. The third-order valence-corrected chi connectivity index (χ3v) is 4.87. The molecule has 1 aromatic carbocycles. The van der Waals surface area contributed by atoms with Crippen molar-refractivity contribution in [2.75, 3.05) is 7.11 Å². The van der Waals surface area contributed by atoms with Gasteiger partial charge in [-0.3, -0.25) is 4.79 Å². The zero-order valence-corrected chi connectivity index (χ0v) is 14.3. The predicted octanol–water partition coefficient (Wildman–Crippen LogP) is 2.97. The molecule has 2 heterocycles. The number of aromatic nitrogens is 3. The lowest BCUT2D eigenvalue weighted by Crippen LogP contribution is -2.10. The topological polar surface area (TPSA) is 104 Å². The number of methoxy groups -OCH3 is 1. The Bertz CT molecular complexity index is 870. The van der Waals surface area contributed by atoms with Crippen molar-refractivity contribution in [2.45, 2.75) is 20.0 Å². The van der Waals surface area contributed by atoms with Crippen LogP contribution in [-0.2, 0) is 4.74 Å². The summed E-state index contributed by atoms with van der Waals surface area (Å²) < 4.78 is 10.7. The molecule has 2 aromatic heterocycles. The molecule has 7 nitrogen and oxygen atoms in total. The van der Waals surface area contributed by atoms with Crippen LogP contribution in [0.4, 0.5) is 0 Å². The monoisotopic (exact) mass is 344 g/mol. The first-order chi connectivity index (χ1) is 11.5. The number of nitrogens with two attached hydrogens (primary N) is 1. The number of hydrogen-bond acceptors (Lipinski definition) is 7. The summed E-state index contributed by atoms with van der Waals surface area (Å²) in [5, 5.41) is 4.86. The van der Waals surface area contributed by atoms with Crippen LogP contribution in [-0.4, -0.2) is 28.1 Å². The summed E-state index contributed by atoms with van der Waals surface area (Å²) in [6.45, 7) is 3.82. The van der Waals surface area contributed by atoms with Crippen LogP contribution in [0.15, 0.2) is 28.8 Å². The normalized spacial score (nSPS) is 12.3. The molecule has 1 amide bonds. The molecule has 8 heteroatoms. The van der Waals surface area contributed by atoms with E-state index in [1.165, 1.54) is 11.3 Å². The second-order valence-electron chi connectivity index (χ2n) is 5.21. The largest absolute Gasteiger partial charge is 0.375 e. The van der Waals surface area contributed by atoms with Gasteiger partial charge in [-0.05, 0) is 26.0 Å². The Kier molecular flexibility index (Phi) is 4.41. The Labute approximate surface area is 142 Å². The van der Waals surface area contributed by atoms with Gasteiger partial charge in [0.25, 0.3) is 5.89 Å². The van der Waals surface area contributed by atoms with E-state index in [0.29, 0.717) is 17.3 Å². The third-order valence-electron chi connectivity index (χ3n) is 3.56. The number of benzene rings is 1. The number of primary amides is 1. The van der Waals surface area contributed by atoms with Crippen molar-refractivity contribution in [3.8, 4) is 22.2 Å². The van der Waals surface area contributed by atoms with E-state index in [4.69, 9.17) is 15.0 Å². The lowest BCUT2D eigenvalue weighted by molar-refractivity contribution is 0.100. The van der Waals surface area contributed by atoms with Gasteiger partial charge in [0.15, 0.2) is 0 Å². The quantitative estimate of drug-likeness (QED) is 0.763. The number of rotatable bonds is 5. The van der Waals surface area contributed by atoms with Gasteiger partial charge in [-0.1, -0.05) is 17.3 Å². The molecule has 0 saturated carbocycles. The summed E-state index contributed by atoms with van der Waals surface area (Å²) in [5.41, 5.74) is 7.22. The first-order valence-electron chi connectivity index (χ1n) is 7.24. The van der Waals surface area contributed by atoms with Crippen molar-refractivity contribution in [1.29, 1.82) is 0 Å². The van der Waals surface area contributed by atoms with E-state index >= 15 is 0 Å². The van der Waals surface area contributed by atoms with E-state index in [2.05, 4.69) is 15.1 Å². The van der Waals surface area contributed by atoms with E-state index in [1.807, 2.05) is 13.8 Å². The van der Waals surface area contributed by atoms with Gasteiger partial charge in [0, 0.05) is 18.2 Å². The first kappa shape index (κ1) is 16.3. The van der Waals surface area contributed by atoms with Crippen LogP contribution >= 0.6 is 11.3 Å². The highest BCUT2D eigenvalue weighted by Gasteiger charge is 2.19. The molecule has 124 valence electrons. The molecule has 0 fully saturated rings. The molecule has 3 rings (SSSR count). The van der Waals surface area contributed by atoms with Crippen molar-refractivity contribution in [1.82, 2.24) is 15.1 Å². The number of thiazole rings is 1. The van der Waals surface area contributed by atoms with Gasteiger partial charge in [0.05, 0.1) is 5.69 Å². The van der Waals surface area contributed by atoms with E-state index in [-0.39, 0.29) is 6.10 Å². The number of aryl methyl sites for hydroxylation is 1. The van der Waals surface area contributed by atoms with E-state index in [9.17, 15) is 4.79 Å². The molecule has 0 aliphatic heterocycles. The highest BCUT2D eigenvalue weighted by molar-refractivity contribution is 7.15. The maximum atomic E-state index is 11.1. The molecule has 1 atom stereocenters. The molecule has 0 saturated heterocycles. The highest BCUT2D eigenvalue weighted by atomic mass is 32.1. The number of ether oxygens (including phenoxy) is 1. The SMILES string of the molecule is CO[C@@H](C)c1nc(C)c(-c2nc(-c3ccc(C(N)=O)cc3)no2)s1. The first-order valence-corrected chi connectivity index (χ1v) is 8.05. The molecule has 2 N–H and O–H groups in total. The fourth-order valence-electron chi connectivity index (χ4n) is 2.11. The molecular weight excluding hydrogens is 328 g/mol. The second-order valence-corrected chi connectivity index (χ2v) is 6.24. The van der Waals surface area contributed by atoms with Crippen molar-refractivity contribution in [3.63, 3.8) is 0 Å². The van der Waals surface area contributed by atoms with Crippen LogP contribution in [0.2, 0.25) is 0 Å². The van der Waals surface area contributed by atoms with Crippen LogP contribution in [0.25, 0.3) is 22.2 Å². The molecule has 0 aliphatic carbocycles. The fraction of sp³-hybridized carbons (Fsp3) is 0.250. The minimum Gasteiger partial charge on any atom is -0.375 e. The molecule has 0 spiro atoms. The van der Waals surface area contributed by atoms with Crippen LogP contribution < -0.4 is 5.73 Å². The average Bonchev–Trinajstić information content (AvgIpc) is 3.20. The zero-order valence-electron chi connectivity index (χ0n) is 13.4. The van der Waals surface area contributed by atoms with Crippen LogP contribution in [0, 0.1) is 6.92 Å². The molecule has 0 unspecified atom stereocenters. The summed E-state index contributed by atoms with van der Waals surface area (Å²) in [4.78, 5) is 20.8. The maximum absolute atomic E-state index is 11.1. The summed E-state index contributed by atoms with van der Waals surface area (Å²) >= 11 is 1.47. The molecule has 24 heavy (non-hydrogen) atoms. The number of amides is 1. The van der Waals surface area contributed by atoms with Crippen LogP contribution in [0.1, 0.15) is 34.1 Å². The van der Waals surface area contributed by atoms with Crippen molar-refractivity contribution in [3.05, 3.63) is 40.5 Å². The van der Waals surface area contributed by atoms with Gasteiger partial charge >= 0.3 is 0 Å². The highest BCUT2D eigenvalue weighted by Crippen LogP contribution is 2.33. The molecular formula is C16H16N4O3S. The Morgan fingerprint density at radius 2 is 2.00 bits per heavy atom. The summed E-state index contributed by atoms with van der Waals surface area (Å²) in [7, 11) is 1.64. The number of hydrogen-bond donors (Lipinski definition) is 1. The Hall–Kier alpha value is -2.58. The smallest absolute Gasteiger partial charge is 0.270 e. The van der Waals surface area contributed by atoms with E-state index < -0.39 is 5.91 Å². The summed E-state index contributed by atoms with van der Waals surface area (Å²) in [6, 6.07) is 6.72. The van der Waals surface area contributed by atoms with Gasteiger partial charge in [-0.2, -0.15) is 4.98 Å². The number of nitrogens with zero attached hydrogens (tertiary/aromatic N) is 3. The fourth-order valence-corrected chi connectivity index (χ4v) is 3.12. The molecule has 0 aliphatic rings. The van der Waals surface area contributed by atoms with Crippen LogP contribution in [0.3, 0.4) is 0 Å². The van der Waals surface area contributed by atoms with Crippen molar-refractivity contribution >= 4 is 17.2 Å². The Morgan fingerprint density at radius 1 is 1.29 bits per heavy atom. The lowest BCUT2D eigenvalue weighted by atomic mass is 10.1. The zero-order chi connectivity index (χ0) is 17.3. The Morgan fingerprint density at radius 3 is 2.62 bits per heavy atom. The average molecular weight is 344 g/mol. The summed E-state index contributed by atoms with van der Waals surface area (Å²) in [6.07, 6.45) is -0.0915. The number of carbonyl (C=O) groups excluding carboxylic acids is 1. The lowest BCUT2D eigenvalue weighted by Gasteiger charge is -2.02. The molecule has 3 aromatic rings. The van der Waals surface area contributed by atoms with Gasteiger partial charge in [-0.25, -0.2) is 4.98 Å².